The lowest BCUT2D eigenvalue weighted by Crippen LogP contribution is -2.26. The van der Waals surface area contributed by atoms with Crippen molar-refractivity contribution in [1.82, 2.24) is 9.71 Å². The lowest BCUT2D eigenvalue weighted by molar-refractivity contribution is -0.116. The molecule has 0 aliphatic heterocycles. The van der Waals surface area contributed by atoms with E-state index in [-0.39, 0.29) is 24.3 Å². The molecule has 0 radical (unpaired) electrons. The van der Waals surface area contributed by atoms with Crippen LogP contribution in [0.4, 0.5) is 14.6 Å². The molecule has 2 N–H and O–H groups in total. The Morgan fingerprint density at radius 3 is 2.58 bits per heavy atom. The SMILES string of the molecule is CS(=O)(=O)NCCC(=O)Nc1ccc(-c2cccc(F)c2F)cn1. The Balaban J connectivity index is 1.99. The molecule has 0 aliphatic carbocycles. The Bertz CT molecular complexity index is 840. The van der Waals surface area contributed by atoms with Gasteiger partial charge in [0.05, 0.1) is 6.26 Å². The summed E-state index contributed by atoms with van der Waals surface area (Å²) in [6, 6.07) is 6.77. The number of carbonyl (C=O) groups is 1. The van der Waals surface area contributed by atoms with Crippen LogP contribution in [-0.4, -0.2) is 32.1 Å². The lowest BCUT2D eigenvalue weighted by atomic mass is 10.1. The summed E-state index contributed by atoms with van der Waals surface area (Å²) >= 11 is 0. The van der Waals surface area contributed by atoms with Crippen LogP contribution >= 0.6 is 0 Å². The van der Waals surface area contributed by atoms with Crippen LogP contribution in [0.1, 0.15) is 6.42 Å². The van der Waals surface area contributed by atoms with E-state index in [4.69, 9.17) is 0 Å². The van der Waals surface area contributed by atoms with Crippen LogP contribution < -0.4 is 10.0 Å². The minimum Gasteiger partial charge on any atom is -0.311 e. The second kappa shape index (κ2) is 7.45. The van der Waals surface area contributed by atoms with Gasteiger partial charge in [-0.25, -0.2) is 26.9 Å². The van der Waals surface area contributed by atoms with Crippen molar-refractivity contribution in [2.24, 2.45) is 0 Å². The molecule has 0 saturated heterocycles. The molecule has 0 atom stereocenters. The zero-order chi connectivity index (χ0) is 17.7. The van der Waals surface area contributed by atoms with Crippen LogP contribution in [-0.2, 0) is 14.8 Å². The van der Waals surface area contributed by atoms with Crippen molar-refractivity contribution in [3.63, 3.8) is 0 Å². The van der Waals surface area contributed by atoms with Crippen LogP contribution in [0.5, 0.6) is 0 Å². The Labute approximate surface area is 138 Å². The molecule has 0 bridgehead atoms. The molecule has 6 nitrogen and oxygen atoms in total. The van der Waals surface area contributed by atoms with Crippen LogP contribution in [0.15, 0.2) is 36.5 Å². The summed E-state index contributed by atoms with van der Waals surface area (Å²) in [5.41, 5.74) is 0.432. The number of pyridine rings is 1. The van der Waals surface area contributed by atoms with Gasteiger partial charge < -0.3 is 5.32 Å². The van der Waals surface area contributed by atoms with Crippen molar-refractivity contribution in [2.75, 3.05) is 18.1 Å². The third kappa shape index (κ3) is 5.07. The highest BCUT2D eigenvalue weighted by Gasteiger charge is 2.11. The number of sulfonamides is 1. The number of halogens is 2. The first-order chi connectivity index (χ1) is 11.3. The third-order valence-electron chi connectivity index (χ3n) is 3.01. The predicted molar refractivity (Wildman–Crippen MR) is 85.7 cm³/mol. The Kier molecular flexibility index (Phi) is 5.58. The molecule has 0 fully saturated rings. The third-order valence-corrected chi connectivity index (χ3v) is 3.74. The fourth-order valence-corrected chi connectivity index (χ4v) is 2.38. The zero-order valence-corrected chi connectivity index (χ0v) is 13.5. The molecule has 2 aromatic rings. The fraction of sp³-hybridized carbons (Fsp3) is 0.200. The monoisotopic (exact) mass is 355 g/mol. The summed E-state index contributed by atoms with van der Waals surface area (Å²) in [6.07, 6.45) is 2.24. The minimum atomic E-state index is -3.35. The van der Waals surface area contributed by atoms with Gasteiger partial charge in [0.2, 0.25) is 15.9 Å². The summed E-state index contributed by atoms with van der Waals surface area (Å²) in [6.45, 7) is -0.0305. The first-order valence-electron chi connectivity index (χ1n) is 6.91. The van der Waals surface area contributed by atoms with Gasteiger partial charge in [-0.15, -0.1) is 0 Å². The number of benzene rings is 1. The highest BCUT2D eigenvalue weighted by molar-refractivity contribution is 7.88. The molecule has 9 heteroatoms. The smallest absolute Gasteiger partial charge is 0.226 e. The standard InChI is InChI=1S/C15H15F2N3O3S/c1-24(22,23)19-8-7-14(21)20-13-6-5-10(9-18-13)11-3-2-4-12(16)15(11)17/h2-6,9,19H,7-8H2,1H3,(H,18,20,21). The topological polar surface area (TPSA) is 88.2 Å². The van der Waals surface area contributed by atoms with E-state index in [9.17, 15) is 22.0 Å². The van der Waals surface area contributed by atoms with Gasteiger partial charge in [-0.2, -0.15) is 0 Å². The summed E-state index contributed by atoms with van der Waals surface area (Å²) < 4.78 is 50.9. The van der Waals surface area contributed by atoms with Crippen molar-refractivity contribution >= 4 is 21.7 Å². The largest absolute Gasteiger partial charge is 0.311 e. The van der Waals surface area contributed by atoms with Gasteiger partial charge in [0.25, 0.3) is 0 Å². The average molecular weight is 355 g/mol. The van der Waals surface area contributed by atoms with E-state index in [1.807, 2.05) is 0 Å². The Morgan fingerprint density at radius 2 is 1.96 bits per heavy atom. The van der Waals surface area contributed by atoms with E-state index < -0.39 is 27.6 Å². The molecular formula is C15H15F2N3O3S. The van der Waals surface area contributed by atoms with E-state index in [0.717, 1.165) is 12.3 Å². The number of anilines is 1. The number of hydrogen-bond donors (Lipinski definition) is 2. The van der Waals surface area contributed by atoms with Gasteiger partial charge in [0.1, 0.15) is 5.82 Å². The Hall–Kier alpha value is -2.39. The van der Waals surface area contributed by atoms with E-state index >= 15 is 0 Å². The molecule has 128 valence electrons. The number of aromatic nitrogens is 1. The van der Waals surface area contributed by atoms with Crippen molar-refractivity contribution in [3.05, 3.63) is 48.2 Å². The van der Waals surface area contributed by atoms with Crippen LogP contribution in [0, 0.1) is 11.6 Å². The molecule has 0 saturated carbocycles. The zero-order valence-electron chi connectivity index (χ0n) is 12.7. The molecule has 0 spiro atoms. The molecule has 0 unspecified atom stereocenters. The lowest BCUT2D eigenvalue weighted by Gasteiger charge is -2.07. The molecule has 1 aromatic heterocycles. The molecule has 0 aliphatic rings. The van der Waals surface area contributed by atoms with E-state index in [1.54, 1.807) is 0 Å². The van der Waals surface area contributed by atoms with Gasteiger partial charge in [-0.1, -0.05) is 12.1 Å². The van der Waals surface area contributed by atoms with Gasteiger partial charge in [-0.3, -0.25) is 4.79 Å². The van der Waals surface area contributed by atoms with E-state index in [2.05, 4.69) is 15.0 Å². The quantitative estimate of drug-likeness (QED) is 0.828. The van der Waals surface area contributed by atoms with Gasteiger partial charge in [0, 0.05) is 30.3 Å². The first kappa shape index (κ1) is 18.0. The van der Waals surface area contributed by atoms with Crippen molar-refractivity contribution in [2.45, 2.75) is 6.42 Å². The van der Waals surface area contributed by atoms with E-state index in [1.165, 1.54) is 30.5 Å². The van der Waals surface area contributed by atoms with Crippen LogP contribution in [0.25, 0.3) is 11.1 Å². The molecule has 24 heavy (non-hydrogen) atoms. The van der Waals surface area contributed by atoms with Crippen LogP contribution in [0.3, 0.4) is 0 Å². The molecule has 2 rings (SSSR count). The van der Waals surface area contributed by atoms with Gasteiger partial charge in [-0.05, 0) is 18.2 Å². The highest BCUT2D eigenvalue weighted by atomic mass is 32.2. The highest BCUT2D eigenvalue weighted by Crippen LogP contribution is 2.24. The molecular weight excluding hydrogens is 340 g/mol. The van der Waals surface area contributed by atoms with Crippen LogP contribution in [0.2, 0.25) is 0 Å². The Morgan fingerprint density at radius 1 is 1.21 bits per heavy atom. The second-order valence-corrected chi connectivity index (χ2v) is 6.83. The molecule has 1 heterocycles. The summed E-state index contributed by atoms with van der Waals surface area (Å²) in [5, 5.41) is 2.48. The number of rotatable bonds is 6. The fourth-order valence-electron chi connectivity index (χ4n) is 1.91. The van der Waals surface area contributed by atoms with Crippen molar-refractivity contribution in [1.29, 1.82) is 0 Å². The number of nitrogens with one attached hydrogen (secondary N) is 2. The maximum Gasteiger partial charge on any atom is 0.226 e. The summed E-state index contributed by atoms with van der Waals surface area (Å²) in [5.74, 6) is -2.13. The first-order valence-corrected chi connectivity index (χ1v) is 8.80. The maximum atomic E-state index is 13.7. The predicted octanol–water partition coefficient (Wildman–Crippen LogP) is 1.90. The van der Waals surface area contributed by atoms with Gasteiger partial charge >= 0.3 is 0 Å². The average Bonchev–Trinajstić information content (AvgIpc) is 2.50. The summed E-state index contributed by atoms with van der Waals surface area (Å²) in [4.78, 5) is 15.6. The summed E-state index contributed by atoms with van der Waals surface area (Å²) in [7, 11) is -3.35. The van der Waals surface area contributed by atoms with Crippen molar-refractivity contribution < 1.29 is 22.0 Å². The van der Waals surface area contributed by atoms with Gasteiger partial charge in [0.15, 0.2) is 11.6 Å². The number of hydrogen-bond acceptors (Lipinski definition) is 4. The second-order valence-electron chi connectivity index (χ2n) is 5.00. The number of carbonyl (C=O) groups excluding carboxylic acids is 1. The number of amides is 1. The van der Waals surface area contributed by atoms with E-state index in [0.29, 0.717) is 5.56 Å². The molecule has 1 aromatic carbocycles. The minimum absolute atomic E-state index is 0.0305. The maximum absolute atomic E-state index is 13.7. The normalized spacial score (nSPS) is 11.3. The number of nitrogens with zero attached hydrogens (tertiary/aromatic N) is 1. The molecule has 1 amide bonds. The van der Waals surface area contributed by atoms with Crippen molar-refractivity contribution in [3.8, 4) is 11.1 Å².